The highest BCUT2D eigenvalue weighted by Crippen LogP contribution is 2.28. The fourth-order valence-electron chi connectivity index (χ4n) is 3.36. The molecule has 2 heterocycles. The van der Waals surface area contributed by atoms with Crippen molar-refractivity contribution in [2.75, 3.05) is 11.4 Å². The molecule has 136 valence electrons. The highest BCUT2D eigenvalue weighted by Gasteiger charge is 2.24. The molecule has 0 fully saturated rings. The number of amides is 1. The Labute approximate surface area is 154 Å². The molecule has 0 radical (unpaired) electrons. The molecule has 5 heteroatoms. The quantitative estimate of drug-likeness (QED) is 0.702. The van der Waals surface area contributed by atoms with Crippen LogP contribution in [0.4, 0.5) is 5.69 Å². The zero-order valence-electron chi connectivity index (χ0n) is 16.4. The summed E-state index contributed by atoms with van der Waals surface area (Å²) in [6.07, 6.45) is 0. The molecule has 0 bridgehead atoms. The van der Waals surface area contributed by atoms with Gasteiger partial charge < -0.3 is 4.90 Å². The van der Waals surface area contributed by atoms with Gasteiger partial charge >= 0.3 is 0 Å². The first-order valence-electron chi connectivity index (χ1n) is 9.06. The van der Waals surface area contributed by atoms with E-state index < -0.39 is 0 Å². The standard InChI is InChI=1S/C21H26N4O/c1-7-25(18-11-9-8-10-14(18)4)21(26)16-12-17(13(2)3)22-20-19(16)15(5)23-24(20)6/h8-13H,7H2,1-6H3. The van der Waals surface area contributed by atoms with Crippen molar-refractivity contribution in [1.29, 1.82) is 0 Å². The minimum absolute atomic E-state index is 0.00722. The average molecular weight is 350 g/mol. The molecule has 3 aromatic rings. The molecule has 0 aliphatic heterocycles. The second kappa shape index (κ2) is 6.90. The maximum absolute atomic E-state index is 13.5. The van der Waals surface area contributed by atoms with Crippen molar-refractivity contribution >= 4 is 22.6 Å². The first kappa shape index (κ1) is 18.1. The molecular formula is C21H26N4O. The van der Waals surface area contributed by atoms with Crippen LogP contribution in [0, 0.1) is 13.8 Å². The van der Waals surface area contributed by atoms with Crippen LogP contribution in [-0.2, 0) is 7.05 Å². The summed E-state index contributed by atoms with van der Waals surface area (Å²) in [5.41, 5.74) is 5.20. The topological polar surface area (TPSA) is 51.0 Å². The van der Waals surface area contributed by atoms with E-state index in [1.54, 1.807) is 4.68 Å². The Morgan fingerprint density at radius 2 is 1.92 bits per heavy atom. The highest BCUT2D eigenvalue weighted by atomic mass is 16.2. The van der Waals surface area contributed by atoms with Crippen LogP contribution in [-0.4, -0.2) is 27.2 Å². The Kier molecular flexibility index (Phi) is 4.81. The smallest absolute Gasteiger partial charge is 0.259 e. The maximum Gasteiger partial charge on any atom is 0.259 e. The molecule has 0 N–H and O–H groups in total. The molecule has 2 aromatic heterocycles. The van der Waals surface area contributed by atoms with Gasteiger partial charge in [0.25, 0.3) is 5.91 Å². The normalized spacial score (nSPS) is 11.3. The predicted molar refractivity (Wildman–Crippen MR) is 106 cm³/mol. The molecule has 5 nitrogen and oxygen atoms in total. The minimum atomic E-state index is -0.00722. The van der Waals surface area contributed by atoms with E-state index in [0.29, 0.717) is 12.1 Å². The summed E-state index contributed by atoms with van der Waals surface area (Å²) in [5.74, 6) is 0.224. The molecule has 26 heavy (non-hydrogen) atoms. The number of nitrogens with zero attached hydrogens (tertiary/aromatic N) is 4. The number of hydrogen-bond donors (Lipinski definition) is 0. The van der Waals surface area contributed by atoms with Crippen molar-refractivity contribution in [2.45, 2.75) is 40.5 Å². The number of aromatic nitrogens is 3. The van der Waals surface area contributed by atoms with Crippen molar-refractivity contribution in [3.05, 3.63) is 52.8 Å². The lowest BCUT2D eigenvalue weighted by Gasteiger charge is -2.24. The van der Waals surface area contributed by atoms with Crippen molar-refractivity contribution in [3.8, 4) is 0 Å². The van der Waals surface area contributed by atoms with E-state index in [0.717, 1.165) is 33.7 Å². The van der Waals surface area contributed by atoms with Crippen LogP contribution in [0.5, 0.6) is 0 Å². The van der Waals surface area contributed by atoms with Crippen LogP contribution in [0.1, 0.15) is 54.0 Å². The van der Waals surface area contributed by atoms with Crippen LogP contribution < -0.4 is 4.90 Å². The Morgan fingerprint density at radius 3 is 2.54 bits per heavy atom. The van der Waals surface area contributed by atoms with E-state index in [9.17, 15) is 4.79 Å². The number of para-hydroxylation sites is 1. The number of hydrogen-bond acceptors (Lipinski definition) is 3. The van der Waals surface area contributed by atoms with Crippen molar-refractivity contribution in [2.24, 2.45) is 7.05 Å². The third kappa shape index (κ3) is 2.98. The molecule has 0 aliphatic rings. The summed E-state index contributed by atoms with van der Waals surface area (Å²) in [5, 5.41) is 5.33. The highest BCUT2D eigenvalue weighted by molar-refractivity contribution is 6.14. The van der Waals surface area contributed by atoms with Gasteiger partial charge in [0.1, 0.15) is 0 Å². The second-order valence-electron chi connectivity index (χ2n) is 6.99. The van der Waals surface area contributed by atoms with E-state index in [-0.39, 0.29) is 11.8 Å². The first-order chi connectivity index (χ1) is 12.3. The summed E-state index contributed by atoms with van der Waals surface area (Å²) in [7, 11) is 1.87. The summed E-state index contributed by atoms with van der Waals surface area (Å²) in [4.78, 5) is 20.1. The number of carbonyl (C=O) groups excluding carboxylic acids is 1. The Bertz CT molecular complexity index is 972. The van der Waals surface area contributed by atoms with E-state index in [2.05, 4.69) is 18.9 Å². The Balaban J connectivity index is 2.22. The number of aryl methyl sites for hydroxylation is 3. The van der Waals surface area contributed by atoms with Gasteiger partial charge in [0, 0.05) is 25.0 Å². The summed E-state index contributed by atoms with van der Waals surface area (Å²) in [6, 6.07) is 9.92. The SMILES string of the molecule is CCN(C(=O)c1cc(C(C)C)nc2c1c(C)nn2C)c1ccccc1C. The predicted octanol–water partition coefficient (Wildman–Crippen LogP) is 4.38. The van der Waals surface area contributed by atoms with Crippen molar-refractivity contribution in [3.63, 3.8) is 0 Å². The fraction of sp³-hybridized carbons (Fsp3) is 0.381. The summed E-state index contributed by atoms with van der Waals surface area (Å²) >= 11 is 0. The zero-order valence-corrected chi connectivity index (χ0v) is 16.4. The monoisotopic (exact) mass is 350 g/mol. The number of benzene rings is 1. The average Bonchev–Trinajstić information content (AvgIpc) is 2.90. The van der Waals surface area contributed by atoms with Gasteiger partial charge in [-0.15, -0.1) is 0 Å². The first-order valence-corrected chi connectivity index (χ1v) is 9.06. The zero-order chi connectivity index (χ0) is 19.0. The van der Waals surface area contributed by atoms with Gasteiger partial charge in [-0.25, -0.2) is 4.98 Å². The van der Waals surface area contributed by atoms with Gasteiger partial charge in [-0.2, -0.15) is 5.10 Å². The molecule has 1 aromatic carbocycles. The van der Waals surface area contributed by atoms with E-state index in [1.165, 1.54) is 0 Å². The van der Waals surface area contributed by atoms with Gasteiger partial charge in [0.2, 0.25) is 0 Å². The lowest BCUT2D eigenvalue weighted by molar-refractivity contribution is 0.0989. The summed E-state index contributed by atoms with van der Waals surface area (Å²) < 4.78 is 1.76. The fourth-order valence-corrected chi connectivity index (χ4v) is 3.36. The molecule has 1 amide bonds. The van der Waals surface area contributed by atoms with Crippen molar-refractivity contribution < 1.29 is 4.79 Å². The molecule has 0 unspecified atom stereocenters. The Morgan fingerprint density at radius 1 is 1.23 bits per heavy atom. The van der Waals surface area contributed by atoms with E-state index >= 15 is 0 Å². The molecule has 0 aliphatic carbocycles. The van der Waals surface area contributed by atoms with Crippen molar-refractivity contribution in [1.82, 2.24) is 14.8 Å². The molecule has 0 atom stereocenters. The largest absolute Gasteiger partial charge is 0.308 e. The number of rotatable bonds is 4. The van der Waals surface area contributed by atoms with E-state index in [1.807, 2.05) is 63.1 Å². The maximum atomic E-state index is 13.5. The number of anilines is 1. The third-order valence-corrected chi connectivity index (χ3v) is 4.78. The van der Waals surface area contributed by atoms with Gasteiger partial charge in [-0.1, -0.05) is 32.0 Å². The molecule has 3 rings (SSSR count). The Hall–Kier alpha value is -2.69. The lowest BCUT2D eigenvalue weighted by Crippen LogP contribution is -2.31. The number of carbonyl (C=O) groups is 1. The van der Waals surface area contributed by atoms with Crippen LogP contribution in [0.2, 0.25) is 0 Å². The molecule has 0 saturated heterocycles. The van der Waals surface area contributed by atoms with Gasteiger partial charge in [0.05, 0.1) is 16.6 Å². The second-order valence-corrected chi connectivity index (χ2v) is 6.99. The number of pyridine rings is 1. The van der Waals surface area contributed by atoms with Crippen LogP contribution in [0.25, 0.3) is 11.0 Å². The minimum Gasteiger partial charge on any atom is -0.308 e. The number of fused-ring (bicyclic) bond motifs is 1. The van der Waals surface area contributed by atoms with Crippen LogP contribution in [0.3, 0.4) is 0 Å². The van der Waals surface area contributed by atoms with Gasteiger partial charge in [-0.05, 0) is 44.4 Å². The molecule has 0 spiro atoms. The lowest BCUT2D eigenvalue weighted by atomic mass is 10.0. The van der Waals surface area contributed by atoms with Gasteiger partial charge in [-0.3, -0.25) is 9.48 Å². The molecule has 0 saturated carbocycles. The third-order valence-electron chi connectivity index (χ3n) is 4.78. The van der Waals surface area contributed by atoms with Crippen LogP contribution in [0.15, 0.2) is 30.3 Å². The van der Waals surface area contributed by atoms with Gasteiger partial charge in [0.15, 0.2) is 5.65 Å². The molecular weight excluding hydrogens is 324 g/mol. The van der Waals surface area contributed by atoms with E-state index in [4.69, 9.17) is 4.98 Å². The van der Waals surface area contributed by atoms with Crippen LogP contribution >= 0.6 is 0 Å². The summed E-state index contributed by atoms with van der Waals surface area (Å²) in [6.45, 7) is 10.7.